The van der Waals surface area contributed by atoms with Crippen molar-refractivity contribution in [3.63, 3.8) is 0 Å². The third-order valence-electron chi connectivity index (χ3n) is 3.40. The minimum Gasteiger partial charge on any atom is -0.369 e. The summed E-state index contributed by atoms with van der Waals surface area (Å²) in [5.41, 5.74) is -0.00374. The quantitative estimate of drug-likeness (QED) is 0.848. The number of aromatic nitrogens is 1. The van der Waals surface area contributed by atoms with Crippen LogP contribution in [0, 0.1) is 0 Å². The zero-order chi connectivity index (χ0) is 14.8. The van der Waals surface area contributed by atoms with E-state index < -0.39 is 17.3 Å². The van der Waals surface area contributed by atoms with Crippen LogP contribution in [0.2, 0.25) is 0 Å². The van der Waals surface area contributed by atoms with Crippen molar-refractivity contribution in [2.24, 2.45) is 0 Å². The summed E-state index contributed by atoms with van der Waals surface area (Å²) in [6.45, 7) is 1.81. The van der Waals surface area contributed by atoms with Crippen molar-refractivity contribution in [2.75, 3.05) is 7.11 Å². The van der Waals surface area contributed by atoms with Crippen LogP contribution in [0.15, 0.2) is 48.8 Å². The molecule has 1 aromatic carbocycles. The molecule has 106 valence electrons. The molecule has 0 bridgehead atoms. The summed E-state index contributed by atoms with van der Waals surface area (Å²) in [6.07, 6.45) is -1.09. The summed E-state index contributed by atoms with van der Waals surface area (Å²) in [6, 6.07) is 8.56. The lowest BCUT2D eigenvalue weighted by atomic mass is 9.88. The number of alkyl halides is 3. The van der Waals surface area contributed by atoms with Crippen LogP contribution in [0.4, 0.5) is 13.2 Å². The highest BCUT2D eigenvalue weighted by Crippen LogP contribution is 2.35. The second kappa shape index (κ2) is 5.25. The third-order valence-corrected chi connectivity index (χ3v) is 3.40. The molecule has 1 aromatic heterocycles. The summed E-state index contributed by atoms with van der Waals surface area (Å²) in [5, 5.41) is 0. The lowest BCUT2D eigenvalue weighted by Crippen LogP contribution is -2.26. The van der Waals surface area contributed by atoms with Crippen LogP contribution in [0.3, 0.4) is 0 Å². The van der Waals surface area contributed by atoms with Crippen LogP contribution in [-0.4, -0.2) is 12.1 Å². The number of ether oxygens (including phenoxy) is 1. The molecule has 2 rings (SSSR count). The zero-order valence-electron chi connectivity index (χ0n) is 11.1. The predicted molar refractivity (Wildman–Crippen MR) is 69.1 cm³/mol. The smallest absolute Gasteiger partial charge is 0.369 e. The van der Waals surface area contributed by atoms with Crippen molar-refractivity contribution in [2.45, 2.75) is 18.7 Å². The summed E-state index contributed by atoms with van der Waals surface area (Å²) in [7, 11) is 1.53. The second-order valence-electron chi connectivity index (χ2n) is 4.55. The van der Waals surface area contributed by atoms with E-state index in [2.05, 4.69) is 4.98 Å². The van der Waals surface area contributed by atoms with Gasteiger partial charge in [-0.25, -0.2) is 0 Å². The van der Waals surface area contributed by atoms with Gasteiger partial charge in [0.1, 0.15) is 5.60 Å². The molecule has 0 aliphatic heterocycles. The molecule has 2 nitrogen and oxygen atoms in total. The van der Waals surface area contributed by atoms with Crippen molar-refractivity contribution >= 4 is 0 Å². The van der Waals surface area contributed by atoms with Crippen molar-refractivity contribution in [3.05, 3.63) is 65.5 Å². The number of methoxy groups -OCH3 is 1. The van der Waals surface area contributed by atoms with Gasteiger partial charge in [0.2, 0.25) is 0 Å². The van der Waals surface area contributed by atoms with Gasteiger partial charge >= 0.3 is 6.18 Å². The summed E-state index contributed by atoms with van der Waals surface area (Å²) < 4.78 is 43.3. The largest absolute Gasteiger partial charge is 0.416 e. The van der Waals surface area contributed by atoms with Crippen LogP contribution >= 0.6 is 0 Å². The fraction of sp³-hybridized carbons (Fsp3) is 0.267. The second-order valence-corrected chi connectivity index (χ2v) is 4.55. The highest BCUT2D eigenvalue weighted by Gasteiger charge is 2.32. The first-order chi connectivity index (χ1) is 9.38. The predicted octanol–water partition coefficient (Wildman–Crippen LogP) is 4.01. The van der Waals surface area contributed by atoms with E-state index in [1.807, 2.05) is 6.92 Å². The van der Waals surface area contributed by atoms with Crippen molar-refractivity contribution in [1.29, 1.82) is 0 Å². The lowest BCUT2D eigenvalue weighted by Gasteiger charge is -2.29. The van der Waals surface area contributed by atoms with Gasteiger partial charge in [-0.2, -0.15) is 13.2 Å². The van der Waals surface area contributed by atoms with Crippen LogP contribution in [0.1, 0.15) is 23.6 Å². The SMILES string of the molecule is COC(C)(c1ccncc1)c1ccc(C(F)(F)F)cc1. The zero-order valence-corrected chi connectivity index (χ0v) is 11.1. The van der Waals surface area contributed by atoms with Gasteiger partial charge in [0.25, 0.3) is 0 Å². The van der Waals surface area contributed by atoms with Crippen LogP contribution in [0.25, 0.3) is 0 Å². The molecule has 0 radical (unpaired) electrons. The topological polar surface area (TPSA) is 22.1 Å². The van der Waals surface area contributed by atoms with Crippen LogP contribution in [-0.2, 0) is 16.5 Å². The molecule has 0 aliphatic rings. The summed E-state index contributed by atoms with van der Waals surface area (Å²) in [4.78, 5) is 3.93. The number of nitrogens with zero attached hydrogens (tertiary/aromatic N) is 1. The average Bonchev–Trinajstić information content (AvgIpc) is 2.46. The molecular formula is C15H14F3NO. The van der Waals surface area contributed by atoms with Crippen molar-refractivity contribution in [3.8, 4) is 0 Å². The van der Waals surface area contributed by atoms with Gasteiger partial charge in [-0.15, -0.1) is 0 Å². The van der Waals surface area contributed by atoms with E-state index in [4.69, 9.17) is 4.74 Å². The Morgan fingerprint density at radius 2 is 1.30 bits per heavy atom. The van der Waals surface area contributed by atoms with E-state index >= 15 is 0 Å². The molecule has 1 heterocycles. The Hall–Kier alpha value is -1.88. The summed E-state index contributed by atoms with van der Waals surface area (Å²) in [5.74, 6) is 0. The Bertz CT molecular complexity index is 566. The minimum atomic E-state index is -4.33. The van der Waals surface area contributed by atoms with Crippen molar-refractivity contribution in [1.82, 2.24) is 4.98 Å². The Labute approximate surface area is 115 Å². The van der Waals surface area contributed by atoms with E-state index in [1.54, 1.807) is 24.5 Å². The van der Waals surface area contributed by atoms with E-state index in [1.165, 1.54) is 19.2 Å². The number of hydrogen-bond acceptors (Lipinski definition) is 2. The van der Waals surface area contributed by atoms with Gasteiger partial charge in [-0.05, 0) is 42.3 Å². The summed E-state index contributed by atoms with van der Waals surface area (Å²) >= 11 is 0. The highest BCUT2D eigenvalue weighted by atomic mass is 19.4. The molecule has 0 N–H and O–H groups in total. The van der Waals surface area contributed by atoms with Gasteiger partial charge in [-0.3, -0.25) is 4.98 Å². The number of hydrogen-bond donors (Lipinski definition) is 0. The first-order valence-corrected chi connectivity index (χ1v) is 6.01. The Balaban J connectivity index is 2.43. The number of rotatable bonds is 3. The number of halogens is 3. The molecule has 0 saturated heterocycles. The monoisotopic (exact) mass is 281 g/mol. The Kier molecular flexibility index (Phi) is 3.81. The molecule has 0 spiro atoms. The molecule has 20 heavy (non-hydrogen) atoms. The number of benzene rings is 1. The molecule has 0 fully saturated rings. The van der Waals surface area contributed by atoms with Crippen LogP contribution < -0.4 is 0 Å². The third kappa shape index (κ3) is 2.67. The van der Waals surface area contributed by atoms with E-state index in [9.17, 15) is 13.2 Å². The maximum absolute atomic E-state index is 12.6. The normalized spacial score (nSPS) is 14.8. The van der Waals surface area contributed by atoms with Gasteiger partial charge in [-0.1, -0.05) is 12.1 Å². The Morgan fingerprint density at radius 1 is 0.850 bits per heavy atom. The molecule has 1 atom stereocenters. The molecule has 0 saturated carbocycles. The van der Waals surface area contributed by atoms with E-state index in [-0.39, 0.29) is 0 Å². The fourth-order valence-corrected chi connectivity index (χ4v) is 2.05. The molecule has 0 aliphatic carbocycles. The van der Waals surface area contributed by atoms with Gasteiger partial charge in [0.05, 0.1) is 5.56 Å². The molecular weight excluding hydrogens is 267 g/mol. The van der Waals surface area contributed by atoms with Crippen LogP contribution in [0.5, 0.6) is 0 Å². The Morgan fingerprint density at radius 3 is 1.75 bits per heavy atom. The first-order valence-electron chi connectivity index (χ1n) is 6.01. The average molecular weight is 281 g/mol. The minimum absolute atomic E-state index is 0.652. The van der Waals surface area contributed by atoms with Crippen molar-refractivity contribution < 1.29 is 17.9 Å². The van der Waals surface area contributed by atoms with Gasteiger partial charge in [0.15, 0.2) is 0 Å². The molecule has 5 heteroatoms. The lowest BCUT2D eigenvalue weighted by molar-refractivity contribution is -0.137. The first kappa shape index (κ1) is 14.5. The molecule has 2 aromatic rings. The number of pyridine rings is 1. The van der Waals surface area contributed by atoms with E-state index in [0.29, 0.717) is 5.56 Å². The van der Waals surface area contributed by atoms with E-state index in [0.717, 1.165) is 17.7 Å². The fourth-order valence-electron chi connectivity index (χ4n) is 2.05. The standard InChI is InChI=1S/C15H14F3NO/c1-14(20-2,12-7-9-19-10-8-12)11-3-5-13(6-4-11)15(16,17)18/h3-10H,1-2H3. The van der Waals surface area contributed by atoms with Gasteiger partial charge in [0, 0.05) is 19.5 Å². The molecule has 0 amide bonds. The highest BCUT2D eigenvalue weighted by molar-refractivity contribution is 5.36. The maximum Gasteiger partial charge on any atom is 0.416 e. The molecule has 1 unspecified atom stereocenters. The van der Waals surface area contributed by atoms with Gasteiger partial charge < -0.3 is 4.74 Å². The maximum atomic E-state index is 12.6.